The highest BCUT2D eigenvalue weighted by molar-refractivity contribution is 6.33. The smallest absolute Gasteiger partial charge is 0.408 e. The quantitative estimate of drug-likeness (QED) is 0.245. The number of carbonyl (C=O) groups excluding carboxylic acids is 2. The van der Waals surface area contributed by atoms with Crippen molar-refractivity contribution in [2.75, 3.05) is 0 Å². The Kier molecular flexibility index (Phi) is 8.22. The molecule has 1 unspecified atom stereocenters. The molecule has 0 fully saturated rings. The fraction of sp³-hybridized carbons (Fsp3) is 0.370. The summed E-state index contributed by atoms with van der Waals surface area (Å²) >= 11 is 6.44. The van der Waals surface area contributed by atoms with E-state index in [1.165, 1.54) is 6.07 Å². The zero-order valence-electron chi connectivity index (χ0n) is 20.6. The third-order valence-corrected chi connectivity index (χ3v) is 5.62. The normalized spacial score (nSPS) is 12.3. The van der Waals surface area contributed by atoms with E-state index >= 15 is 0 Å². The van der Waals surface area contributed by atoms with Crippen molar-refractivity contribution < 1.29 is 23.5 Å². The molecule has 3 rings (SSSR count). The summed E-state index contributed by atoms with van der Waals surface area (Å²) in [5.74, 6) is -0.659. The first-order chi connectivity index (χ1) is 16.5. The highest BCUT2D eigenvalue weighted by atomic mass is 35.5. The number of rotatable bonds is 7. The zero-order chi connectivity index (χ0) is 25.8. The summed E-state index contributed by atoms with van der Waals surface area (Å²) in [6.45, 7) is 8.91. The number of aryl methyl sites for hydroxylation is 1. The number of carbonyl (C=O) groups is 2. The minimum Gasteiger partial charge on any atom is -0.444 e. The predicted molar refractivity (Wildman–Crippen MR) is 135 cm³/mol. The molecular weight excluding hydrogens is 470 g/mol. The lowest BCUT2D eigenvalue weighted by Crippen LogP contribution is -2.45. The fourth-order valence-electron chi connectivity index (χ4n) is 3.64. The molecule has 1 amide bonds. The van der Waals surface area contributed by atoms with Crippen molar-refractivity contribution in [1.29, 1.82) is 0 Å². The Morgan fingerprint density at radius 1 is 1.14 bits per heavy atom. The summed E-state index contributed by atoms with van der Waals surface area (Å²) in [7, 11) is 0. The first-order valence-corrected chi connectivity index (χ1v) is 11.9. The summed E-state index contributed by atoms with van der Waals surface area (Å²) in [6, 6.07) is 11.7. The molecule has 0 saturated heterocycles. The van der Waals surface area contributed by atoms with E-state index < -0.39 is 29.3 Å². The number of alkyl carbamates (subject to hydrolysis) is 1. The highest BCUT2D eigenvalue weighted by Gasteiger charge is 2.26. The molecule has 8 heteroatoms. The van der Waals surface area contributed by atoms with Crippen molar-refractivity contribution in [2.45, 2.75) is 65.5 Å². The van der Waals surface area contributed by atoms with Gasteiger partial charge >= 0.3 is 17.7 Å². The zero-order valence-corrected chi connectivity index (χ0v) is 21.3. The predicted octanol–water partition coefficient (Wildman–Crippen LogP) is 5.94. The number of ether oxygens (including phenoxy) is 2. The molecular formula is C27H30ClNO6. The van der Waals surface area contributed by atoms with Gasteiger partial charge < -0.3 is 19.2 Å². The second-order valence-electron chi connectivity index (χ2n) is 9.34. The van der Waals surface area contributed by atoms with Gasteiger partial charge in [0, 0.05) is 23.4 Å². The minimum absolute atomic E-state index is 0.0367. The molecule has 0 bridgehead atoms. The standard InChI is InChI=1S/C27H30ClNO6/c1-6-10-21(29-26(32)35-27(3,4)5)25(31)34-23-15-22-18(14-20(23)28)16(2)19(24(30)33-22)13-17-11-8-7-9-12-17/h7-9,11-12,14-15,21H,6,10,13H2,1-5H3,(H,29,32). The summed E-state index contributed by atoms with van der Waals surface area (Å²) in [4.78, 5) is 37.7. The maximum Gasteiger partial charge on any atom is 0.408 e. The number of esters is 1. The second-order valence-corrected chi connectivity index (χ2v) is 9.75. The van der Waals surface area contributed by atoms with Gasteiger partial charge in [-0.2, -0.15) is 0 Å². The van der Waals surface area contributed by atoms with Crippen LogP contribution in [0.3, 0.4) is 0 Å². The van der Waals surface area contributed by atoms with Gasteiger partial charge in [-0.3, -0.25) is 0 Å². The Morgan fingerprint density at radius 2 is 1.83 bits per heavy atom. The summed E-state index contributed by atoms with van der Waals surface area (Å²) < 4.78 is 16.3. The molecule has 1 heterocycles. The number of fused-ring (bicyclic) bond motifs is 1. The van der Waals surface area contributed by atoms with Gasteiger partial charge in [0.05, 0.1) is 5.02 Å². The number of hydrogen-bond acceptors (Lipinski definition) is 6. The first-order valence-electron chi connectivity index (χ1n) is 11.5. The Hall–Kier alpha value is -3.32. The molecule has 0 spiro atoms. The van der Waals surface area contributed by atoms with Crippen molar-refractivity contribution >= 4 is 34.6 Å². The molecule has 0 aliphatic carbocycles. The van der Waals surface area contributed by atoms with E-state index in [4.69, 9.17) is 25.5 Å². The largest absolute Gasteiger partial charge is 0.444 e. The molecule has 1 atom stereocenters. The van der Waals surface area contributed by atoms with Crippen LogP contribution in [0, 0.1) is 6.92 Å². The monoisotopic (exact) mass is 499 g/mol. The fourth-order valence-corrected chi connectivity index (χ4v) is 3.84. The van der Waals surface area contributed by atoms with Crippen LogP contribution in [0.25, 0.3) is 11.0 Å². The average Bonchev–Trinajstić information content (AvgIpc) is 2.77. The molecule has 7 nitrogen and oxygen atoms in total. The van der Waals surface area contributed by atoms with Crippen molar-refractivity contribution in [3.63, 3.8) is 0 Å². The van der Waals surface area contributed by atoms with Crippen LogP contribution in [0.5, 0.6) is 5.75 Å². The van der Waals surface area contributed by atoms with Gasteiger partial charge in [0.2, 0.25) is 0 Å². The molecule has 0 aliphatic rings. The van der Waals surface area contributed by atoms with Gasteiger partial charge in [-0.15, -0.1) is 0 Å². The summed E-state index contributed by atoms with van der Waals surface area (Å²) in [5, 5.41) is 3.38. The molecule has 0 saturated carbocycles. The van der Waals surface area contributed by atoms with E-state index in [9.17, 15) is 14.4 Å². The van der Waals surface area contributed by atoms with E-state index in [0.717, 1.165) is 11.1 Å². The van der Waals surface area contributed by atoms with Gasteiger partial charge in [0.25, 0.3) is 0 Å². The molecule has 35 heavy (non-hydrogen) atoms. The maximum atomic E-state index is 12.8. The summed E-state index contributed by atoms with van der Waals surface area (Å²) in [6.07, 6.45) is 0.679. The van der Waals surface area contributed by atoms with Crippen LogP contribution in [0.2, 0.25) is 5.02 Å². The Labute approximate surface area is 209 Å². The van der Waals surface area contributed by atoms with Crippen LogP contribution in [0.1, 0.15) is 57.2 Å². The maximum absolute atomic E-state index is 12.8. The van der Waals surface area contributed by atoms with Gasteiger partial charge in [-0.25, -0.2) is 14.4 Å². The van der Waals surface area contributed by atoms with Gasteiger partial charge in [0.1, 0.15) is 17.2 Å². The van der Waals surface area contributed by atoms with E-state index in [0.29, 0.717) is 30.2 Å². The van der Waals surface area contributed by atoms with E-state index in [1.807, 2.05) is 44.2 Å². The Balaban J connectivity index is 1.86. The molecule has 186 valence electrons. The average molecular weight is 500 g/mol. The van der Waals surface area contributed by atoms with Crippen LogP contribution in [-0.2, 0) is 16.0 Å². The van der Waals surface area contributed by atoms with Gasteiger partial charge in [0.15, 0.2) is 5.75 Å². The van der Waals surface area contributed by atoms with Gasteiger partial charge in [-0.1, -0.05) is 55.3 Å². The third kappa shape index (κ3) is 6.85. The number of halogens is 1. The molecule has 3 aromatic rings. The molecule has 1 aromatic heterocycles. The van der Waals surface area contributed by atoms with Crippen LogP contribution < -0.4 is 15.7 Å². The topological polar surface area (TPSA) is 94.8 Å². The van der Waals surface area contributed by atoms with Gasteiger partial charge in [-0.05, 0) is 51.3 Å². The Bertz CT molecular complexity index is 1280. The number of benzene rings is 2. The second kappa shape index (κ2) is 11.0. The third-order valence-electron chi connectivity index (χ3n) is 5.33. The number of nitrogens with one attached hydrogen (secondary N) is 1. The van der Waals surface area contributed by atoms with Crippen LogP contribution in [0.4, 0.5) is 4.79 Å². The van der Waals surface area contributed by atoms with E-state index in [-0.39, 0.29) is 16.4 Å². The van der Waals surface area contributed by atoms with E-state index in [2.05, 4.69) is 5.32 Å². The van der Waals surface area contributed by atoms with Crippen LogP contribution in [0.15, 0.2) is 51.7 Å². The van der Waals surface area contributed by atoms with Crippen molar-refractivity contribution in [3.8, 4) is 5.75 Å². The first kappa shape index (κ1) is 26.3. The molecule has 0 radical (unpaired) electrons. The van der Waals surface area contributed by atoms with Crippen molar-refractivity contribution in [2.24, 2.45) is 0 Å². The van der Waals surface area contributed by atoms with Crippen molar-refractivity contribution in [1.82, 2.24) is 5.32 Å². The lowest BCUT2D eigenvalue weighted by atomic mass is 9.99. The molecule has 1 N–H and O–H groups in total. The number of amides is 1. The number of hydrogen-bond donors (Lipinski definition) is 1. The van der Waals surface area contributed by atoms with Crippen molar-refractivity contribution in [3.05, 3.63) is 74.6 Å². The molecule has 2 aromatic carbocycles. The highest BCUT2D eigenvalue weighted by Crippen LogP contribution is 2.32. The molecule has 0 aliphatic heterocycles. The Morgan fingerprint density at radius 3 is 2.46 bits per heavy atom. The SMILES string of the molecule is CCCC(NC(=O)OC(C)(C)C)C(=O)Oc1cc2oc(=O)c(Cc3ccccc3)c(C)c2cc1Cl. The summed E-state index contributed by atoms with van der Waals surface area (Å²) in [5.41, 5.74) is 1.35. The van der Waals surface area contributed by atoms with Crippen LogP contribution in [-0.4, -0.2) is 23.7 Å². The van der Waals surface area contributed by atoms with Crippen LogP contribution >= 0.6 is 11.6 Å². The minimum atomic E-state index is -0.927. The lowest BCUT2D eigenvalue weighted by Gasteiger charge is -2.22. The lowest BCUT2D eigenvalue weighted by molar-refractivity contribution is -0.137. The van der Waals surface area contributed by atoms with E-state index in [1.54, 1.807) is 26.8 Å².